The molecule has 1 aromatic carbocycles. The Bertz CT molecular complexity index is 471. The maximum absolute atomic E-state index is 11.9. The van der Waals surface area contributed by atoms with Gasteiger partial charge in [-0.05, 0) is 30.5 Å². The van der Waals surface area contributed by atoms with E-state index in [1.807, 2.05) is 12.1 Å². The third kappa shape index (κ3) is 4.26. The van der Waals surface area contributed by atoms with Gasteiger partial charge in [-0.1, -0.05) is 18.6 Å². The first-order valence-electron chi connectivity index (χ1n) is 7.04. The van der Waals surface area contributed by atoms with E-state index in [4.69, 9.17) is 5.73 Å². The molecule has 1 saturated heterocycles. The molecule has 108 valence electrons. The van der Waals surface area contributed by atoms with E-state index in [9.17, 15) is 9.59 Å². The molecule has 0 aromatic heterocycles. The molecule has 0 saturated carbocycles. The van der Waals surface area contributed by atoms with Crippen LogP contribution in [-0.2, 0) is 16.1 Å². The third-order valence-electron chi connectivity index (χ3n) is 3.48. The van der Waals surface area contributed by atoms with E-state index in [1.54, 1.807) is 17.0 Å². The summed E-state index contributed by atoms with van der Waals surface area (Å²) in [5.74, 6) is -0.0257. The maximum atomic E-state index is 11.9. The average molecular weight is 275 g/mol. The fourth-order valence-corrected chi connectivity index (χ4v) is 2.27. The van der Waals surface area contributed by atoms with Crippen LogP contribution in [0.2, 0.25) is 0 Å². The molecular formula is C15H21N3O2. The molecule has 0 spiro atoms. The van der Waals surface area contributed by atoms with Crippen molar-refractivity contribution in [3.05, 3.63) is 29.8 Å². The van der Waals surface area contributed by atoms with Gasteiger partial charge in [-0.25, -0.2) is 0 Å². The second kappa shape index (κ2) is 6.93. The van der Waals surface area contributed by atoms with Crippen molar-refractivity contribution in [2.24, 2.45) is 0 Å². The molecule has 1 heterocycles. The molecule has 2 amide bonds. The van der Waals surface area contributed by atoms with E-state index in [1.165, 1.54) is 0 Å². The zero-order chi connectivity index (χ0) is 14.4. The van der Waals surface area contributed by atoms with Crippen LogP contribution < -0.4 is 11.1 Å². The summed E-state index contributed by atoms with van der Waals surface area (Å²) in [7, 11) is 0. The van der Waals surface area contributed by atoms with Gasteiger partial charge in [-0.2, -0.15) is 0 Å². The number of rotatable bonds is 4. The quantitative estimate of drug-likeness (QED) is 0.813. The Labute approximate surface area is 119 Å². The van der Waals surface area contributed by atoms with E-state index < -0.39 is 0 Å². The van der Waals surface area contributed by atoms with Crippen molar-refractivity contribution in [1.82, 2.24) is 10.2 Å². The van der Waals surface area contributed by atoms with E-state index >= 15 is 0 Å². The Morgan fingerprint density at radius 3 is 2.70 bits per heavy atom. The summed E-state index contributed by atoms with van der Waals surface area (Å²) >= 11 is 0. The Hall–Kier alpha value is -2.04. The lowest BCUT2D eigenvalue weighted by Gasteiger charge is -2.19. The van der Waals surface area contributed by atoms with Gasteiger partial charge in [0.2, 0.25) is 11.8 Å². The summed E-state index contributed by atoms with van der Waals surface area (Å²) in [4.78, 5) is 25.3. The van der Waals surface area contributed by atoms with Gasteiger partial charge in [0, 0.05) is 25.2 Å². The monoisotopic (exact) mass is 275 g/mol. The second-order valence-corrected chi connectivity index (χ2v) is 5.14. The topological polar surface area (TPSA) is 75.4 Å². The predicted octanol–water partition coefficient (Wildman–Crippen LogP) is 1.29. The molecule has 1 aliphatic rings. The third-order valence-corrected chi connectivity index (χ3v) is 3.48. The van der Waals surface area contributed by atoms with Crippen LogP contribution in [0.25, 0.3) is 0 Å². The number of nitrogens with one attached hydrogen (secondary N) is 1. The SMILES string of the molecule is Nc1ccc(CNC(=O)CN2CCCCCC2=O)cc1. The molecule has 2 rings (SSSR count). The summed E-state index contributed by atoms with van der Waals surface area (Å²) < 4.78 is 0. The number of hydrogen-bond donors (Lipinski definition) is 2. The van der Waals surface area contributed by atoms with E-state index in [-0.39, 0.29) is 18.4 Å². The number of amides is 2. The van der Waals surface area contributed by atoms with Crippen molar-refractivity contribution in [2.45, 2.75) is 32.2 Å². The zero-order valence-corrected chi connectivity index (χ0v) is 11.6. The Balaban J connectivity index is 1.79. The van der Waals surface area contributed by atoms with Crippen molar-refractivity contribution < 1.29 is 9.59 Å². The Morgan fingerprint density at radius 1 is 1.20 bits per heavy atom. The summed E-state index contributed by atoms with van der Waals surface area (Å²) in [5.41, 5.74) is 7.30. The first-order valence-corrected chi connectivity index (χ1v) is 7.04. The van der Waals surface area contributed by atoms with Crippen LogP contribution in [0.1, 0.15) is 31.2 Å². The van der Waals surface area contributed by atoms with Gasteiger partial charge in [-0.3, -0.25) is 9.59 Å². The number of carbonyl (C=O) groups is 2. The van der Waals surface area contributed by atoms with E-state index in [2.05, 4.69) is 5.32 Å². The van der Waals surface area contributed by atoms with Gasteiger partial charge in [0.15, 0.2) is 0 Å². The molecule has 1 aromatic rings. The average Bonchev–Trinajstić information content (AvgIpc) is 2.64. The standard InChI is InChI=1S/C15H21N3O2/c16-13-7-5-12(6-8-13)10-17-14(19)11-18-9-3-1-2-4-15(18)20/h5-8H,1-4,9-11,16H2,(H,17,19). The highest BCUT2D eigenvalue weighted by molar-refractivity contribution is 5.84. The fraction of sp³-hybridized carbons (Fsp3) is 0.467. The molecule has 0 aliphatic carbocycles. The molecule has 0 unspecified atom stereocenters. The van der Waals surface area contributed by atoms with Crippen LogP contribution in [0.5, 0.6) is 0 Å². The van der Waals surface area contributed by atoms with Crippen LogP contribution in [0.15, 0.2) is 24.3 Å². The molecule has 5 nitrogen and oxygen atoms in total. The van der Waals surface area contributed by atoms with Crippen molar-refractivity contribution in [3.63, 3.8) is 0 Å². The van der Waals surface area contributed by atoms with Crippen molar-refractivity contribution in [3.8, 4) is 0 Å². The van der Waals surface area contributed by atoms with Gasteiger partial charge in [0.1, 0.15) is 0 Å². The van der Waals surface area contributed by atoms with Crippen LogP contribution in [0.3, 0.4) is 0 Å². The number of nitrogen functional groups attached to an aromatic ring is 1. The normalized spacial score (nSPS) is 15.8. The number of nitrogens with zero attached hydrogens (tertiary/aromatic N) is 1. The zero-order valence-electron chi connectivity index (χ0n) is 11.6. The smallest absolute Gasteiger partial charge is 0.239 e. The first kappa shape index (κ1) is 14.4. The summed E-state index contributed by atoms with van der Waals surface area (Å²) in [5, 5.41) is 2.83. The summed E-state index contributed by atoms with van der Waals surface area (Å²) in [6.07, 6.45) is 3.54. The van der Waals surface area contributed by atoms with Crippen molar-refractivity contribution in [1.29, 1.82) is 0 Å². The maximum Gasteiger partial charge on any atom is 0.239 e. The predicted molar refractivity (Wildman–Crippen MR) is 77.7 cm³/mol. The van der Waals surface area contributed by atoms with Gasteiger partial charge >= 0.3 is 0 Å². The van der Waals surface area contributed by atoms with Crippen LogP contribution in [0, 0.1) is 0 Å². The lowest BCUT2D eigenvalue weighted by Crippen LogP contribution is -2.40. The second-order valence-electron chi connectivity index (χ2n) is 5.14. The highest BCUT2D eigenvalue weighted by Crippen LogP contribution is 2.10. The van der Waals surface area contributed by atoms with Gasteiger partial charge < -0.3 is 16.0 Å². The van der Waals surface area contributed by atoms with E-state index in [0.29, 0.717) is 25.2 Å². The van der Waals surface area contributed by atoms with Gasteiger partial charge in [0.05, 0.1) is 6.54 Å². The van der Waals surface area contributed by atoms with Crippen LogP contribution >= 0.6 is 0 Å². The minimum Gasteiger partial charge on any atom is -0.399 e. The molecule has 5 heteroatoms. The van der Waals surface area contributed by atoms with Gasteiger partial charge in [0.25, 0.3) is 0 Å². The van der Waals surface area contributed by atoms with Gasteiger partial charge in [-0.15, -0.1) is 0 Å². The molecule has 3 N–H and O–H groups in total. The number of nitrogens with two attached hydrogens (primary N) is 1. The minimum absolute atomic E-state index is 0.0881. The first-order chi connectivity index (χ1) is 9.65. The Kier molecular flexibility index (Phi) is 4.98. The highest BCUT2D eigenvalue weighted by atomic mass is 16.2. The number of likely N-dealkylation sites (tertiary alicyclic amines) is 1. The largest absolute Gasteiger partial charge is 0.399 e. The molecule has 0 bridgehead atoms. The fourth-order valence-electron chi connectivity index (χ4n) is 2.27. The number of anilines is 1. The molecule has 20 heavy (non-hydrogen) atoms. The summed E-state index contributed by atoms with van der Waals surface area (Å²) in [6, 6.07) is 7.37. The molecule has 1 aliphatic heterocycles. The summed E-state index contributed by atoms with van der Waals surface area (Å²) in [6.45, 7) is 1.31. The molecule has 0 atom stereocenters. The highest BCUT2D eigenvalue weighted by Gasteiger charge is 2.18. The minimum atomic E-state index is -0.114. The number of hydrogen-bond acceptors (Lipinski definition) is 3. The lowest BCUT2D eigenvalue weighted by atomic mass is 10.2. The van der Waals surface area contributed by atoms with E-state index in [0.717, 1.165) is 24.8 Å². The number of benzene rings is 1. The number of carbonyl (C=O) groups excluding carboxylic acids is 2. The molecule has 1 fully saturated rings. The lowest BCUT2D eigenvalue weighted by molar-refractivity contribution is -0.135. The van der Waals surface area contributed by atoms with Crippen LogP contribution in [0.4, 0.5) is 5.69 Å². The molecule has 0 radical (unpaired) electrons. The van der Waals surface area contributed by atoms with Crippen molar-refractivity contribution >= 4 is 17.5 Å². The Morgan fingerprint density at radius 2 is 1.95 bits per heavy atom. The molecular weight excluding hydrogens is 254 g/mol. The van der Waals surface area contributed by atoms with Crippen molar-refractivity contribution in [2.75, 3.05) is 18.8 Å². The van der Waals surface area contributed by atoms with Crippen LogP contribution in [-0.4, -0.2) is 29.8 Å².